The number of hydrogen-bond donors (Lipinski definition) is 3. The van der Waals surface area contributed by atoms with Crippen molar-refractivity contribution in [2.45, 2.75) is 26.2 Å². The van der Waals surface area contributed by atoms with Crippen molar-refractivity contribution >= 4 is 46.6 Å². The molecule has 9 nitrogen and oxygen atoms in total. The minimum Gasteiger partial charge on any atom is -0.496 e. The molecule has 1 heterocycles. The van der Waals surface area contributed by atoms with Gasteiger partial charge >= 0.3 is 5.91 Å². The second-order valence-corrected chi connectivity index (χ2v) is 8.78. The molecule has 3 N–H and O–H groups in total. The Morgan fingerprint density at radius 2 is 1.72 bits per heavy atom. The van der Waals surface area contributed by atoms with Crippen molar-refractivity contribution in [1.29, 1.82) is 0 Å². The number of fused-ring (bicyclic) bond motifs is 1. The van der Waals surface area contributed by atoms with Crippen LogP contribution in [0.1, 0.15) is 61.0 Å². The van der Waals surface area contributed by atoms with E-state index in [0.29, 0.717) is 51.8 Å². The molecule has 186 valence electrons. The average molecular weight is 529 g/mol. The molecule has 0 spiro atoms. The molecule has 2 aromatic carbocycles. The van der Waals surface area contributed by atoms with Crippen LogP contribution in [0.3, 0.4) is 0 Å². The summed E-state index contributed by atoms with van der Waals surface area (Å²) in [4.78, 5) is 37.8. The van der Waals surface area contributed by atoms with Gasteiger partial charge in [-0.1, -0.05) is 35.3 Å². The Labute approximate surface area is 216 Å². The molecule has 3 amide bonds. The van der Waals surface area contributed by atoms with Gasteiger partial charge in [-0.2, -0.15) is 5.10 Å². The predicted octanol–water partition coefficient (Wildman–Crippen LogP) is 4.45. The summed E-state index contributed by atoms with van der Waals surface area (Å²) in [5.41, 5.74) is 9.53. The molecule has 0 atom stereocenters. The van der Waals surface area contributed by atoms with E-state index in [4.69, 9.17) is 32.4 Å². The van der Waals surface area contributed by atoms with E-state index in [9.17, 15) is 14.4 Å². The van der Waals surface area contributed by atoms with E-state index >= 15 is 0 Å². The summed E-state index contributed by atoms with van der Waals surface area (Å²) in [6.07, 6.45) is 1.93. The van der Waals surface area contributed by atoms with Crippen LogP contribution in [0.4, 0.5) is 0 Å². The summed E-state index contributed by atoms with van der Waals surface area (Å²) in [5, 5.41) is 4.85. The number of hydrogen-bond acceptors (Lipinski definition) is 6. The molecule has 1 aliphatic carbocycles. The largest absolute Gasteiger partial charge is 0.496 e. The van der Waals surface area contributed by atoms with Crippen LogP contribution in [0.2, 0.25) is 10.0 Å². The number of benzene rings is 2. The van der Waals surface area contributed by atoms with Gasteiger partial charge in [-0.05, 0) is 50.1 Å². The Balaban J connectivity index is 1.49. The van der Waals surface area contributed by atoms with Gasteiger partial charge in [-0.3, -0.25) is 25.2 Å². The van der Waals surface area contributed by atoms with Crippen LogP contribution >= 0.6 is 23.2 Å². The topological polar surface area (TPSA) is 122 Å². The predicted molar refractivity (Wildman–Crippen MR) is 135 cm³/mol. The fourth-order valence-electron chi connectivity index (χ4n) is 3.92. The Morgan fingerprint density at radius 1 is 0.972 bits per heavy atom. The van der Waals surface area contributed by atoms with Crippen molar-refractivity contribution < 1.29 is 23.5 Å². The van der Waals surface area contributed by atoms with Gasteiger partial charge in [0, 0.05) is 22.6 Å². The molecule has 3 aromatic rings. The van der Waals surface area contributed by atoms with Gasteiger partial charge in [0.25, 0.3) is 11.8 Å². The lowest BCUT2D eigenvalue weighted by molar-refractivity contribution is 0.0829. The van der Waals surface area contributed by atoms with Gasteiger partial charge in [-0.15, -0.1) is 0 Å². The highest BCUT2D eigenvalue weighted by molar-refractivity contribution is 6.36. The highest BCUT2D eigenvalue weighted by atomic mass is 35.5. The minimum atomic E-state index is -0.641. The standard InChI is InChI=1S/C25H22Cl2N4O5/c1-13-21-18(28-29-24(33)16-6-3-4-8-19(16)35-2)7-5-9-20(21)36-22(13)25(34)31-30-23(32)15-11-10-14(26)12-17(15)27/h3-4,6,8,10-12H,5,7,9H2,1-2H3,(H,29,33)(H,30,32)(H,31,34)/b28-18+. The second kappa shape index (κ2) is 10.8. The number of furan rings is 1. The van der Waals surface area contributed by atoms with Crippen molar-refractivity contribution in [1.82, 2.24) is 16.3 Å². The first kappa shape index (κ1) is 25.3. The smallest absolute Gasteiger partial charge is 0.305 e. The summed E-state index contributed by atoms with van der Waals surface area (Å²) in [7, 11) is 1.49. The maximum Gasteiger partial charge on any atom is 0.305 e. The number of hydrazone groups is 1. The molecular weight excluding hydrogens is 507 g/mol. The number of hydrazine groups is 1. The fourth-order valence-corrected chi connectivity index (χ4v) is 4.41. The van der Waals surface area contributed by atoms with Crippen LogP contribution in [0.5, 0.6) is 5.75 Å². The number of halogens is 2. The van der Waals surface area contributed by atoms with Gasteiger partial charge in [0.15, 0.2) is 5.76 Å². The Bertz CT molecular complexity index is 1380. The lowest BCUT2D eigenvalue weighted by Gasteiger charge is -2.14. The van der Waals surface area contributed by atoms with Gasteiger partial charge in [-0.25, -0.2) is 5.43 Å². The highest BCUT2D eigenvalue weighted by Gasteiger charge is 2.28. The van der Waals surface area contributed by atoms with Gasteiger partial charge in [0.1, 0.15) is 11.5 Å². The molecule has 11 heteroatoms. The van der Waals surface area contributed by atoms with Gasteiger partial charge < -0.3 is 9.15 Å². The molecule has 1 aromatic heterocycles. The molecule has 0 bridgehead atoms. The zero-order valence-electron chi connectivity index (χ0n) is 19.4. The van der Waals surface area contributed by atoms with Crippen molar-refractivity contribution in [3.05, 3.63) is 86.3 Å². The summed E-state index contributed by atoms with van der Waals surface area (Å²) in [6.45, 7) is 1.72. The van der Waals surface area contributed by atoms with Crippen LogP contribution < -0.4 is 21.0 Å². The number of carbonyl (C=O) groups excluding carboxylic acids is 3. The van der Waals surface area contributed by atoms with Crippen molar-refractivity contribution in [3.63, 3.8) is 0 Å². The van der Waals surface area contributed by atoms with Crippen LogP contribution in [0.25, 0.3) is 0 Å². The van der Waals surface area contributed by atoms with Gasteiger partial charge in [0.05, 0.1) is 29.0 Å². The summed E-state index contributed by atoms with van der Waals surface area (Å²) >= 11 is 11.9. The van der Waals surface area contributed by atoms with E-state index in [-0.39, 0.29) is 16.3 Å². The number of carbonyl (C=O) groups is 3. The first-order valence-corrected chi connectivity index (χ1v) is 11.7. The summed E-state index contributed by atoms with van der Waals surface area (Å²) in [6, 6.07) is 11.2. The summed E-state index contributed by atoms with van der Waals surface area (Å²) < 4.78 is 11.0. The maximum atomic E-state index is 12.8. The third kappa shape index (κ3) is 5.22. The average Bonchev–Trinajstić information content (AvgIpc) is 3.22. The normalized spacial score (nSPS) is 13.6. The first-order valence-electron chi connectivity index (χ1n) is 11.0. The zero-order valence-corrected chi connectivity index (χ0v) is 20.9. The Morgan fingerprint density at radius 3 is 2.47 bits per heavy atom. The third-order valence-electron chi connectivity index (χ3n) is 5.64. The molecule has 0 radical (unpaired) electrons. The summed E-state index contributed by atoms with van der Waals surface area (Å²) in [5.74, 6) is -0.623. The van der Waals surface area contributed by atoms with Crippen LogP contribution in [-0.4, -0.2) is 30.5 Å². The minimum absolute atomic E-state index is 0.0353. The molecule has 0 aliphatic heterocycles. The van der Waals surface area contributed by atoms with Crippen molar-refractivity contribution in [3.8, 4) is 5.75 Å². The van der Waals surface area contributed by atoms with Crippen LogP contribution in [0, 0.1) is 6.92 Å². The number of rotatable bonds is 5. The Kier molecular flexibility index (Phi) is 7.61. The lowest BCUT2D eigenvalue weighted by Crippen LogP contribution is -2.41. The van der Waals surface area contributed by atoms with Crippen molar-refractivity contribution in [2.24, 2.45) is 5.10 Å². The number of methoxy groups -OCH3 is 1. The van der Waals surface area contributed by atoms with Crippen molar-refractivity contribution in [2.75, 3.05) is 7.11 Å². The lowest BCUT2D eigenvalue weighted by atomic mass is 9.93. The number of aryl methyl sites for hydroxylation is 1. The number of amides is 3. The molecule has 0 unspecified atom stereocenters. The molecule has 4 rings (SSSR count). The quantitative estimate of drug-likeness (QED) is 0.422. The van der Waals surface area contributed by atoms with Gasteiger partial charge in [0.2, 0.25) is 0 Å². The van der Waals surface area contributed by atoms with E-state index in [1.165, 1.54) is 25.3 Å². The van der Waals surface area contributed by atoms with E-state index in [1.54, 1.807) is 31.2 Å². The third-order valence-corrected chi connectivity index (χ3v) is 6.19. The number of para-hydroxylation sites is 1. The van der Waals surface area contributed by atoms with Crippen LogP contribution in [-0.2, 0) is 6.42 Å². The second-order valence-electron chi connectivity index (χ2n) is 7.94. The van der Waals surface area contributed by atoms with E-state index < -0.39 is 17.7 Å². The number of nitrogens with zero attached hydrogens (tertiary/aromatic N) is 1. The van der Waals surface area contributed by atoms with Crippen LogP contribution in [0.15, 0.2) is 52.0 Å². The Hall–Kier alpha value is -3.82. The molecule has 0 saturated carbocycles. The molecule has 0 saturated heterocycles. The van der Waals surface area contributed by atoms with E-state index in [2.05, 4.69) is 21.4 Å². The monoisotopic (exact) mass is 528 g/mol. The SMILES string of the molecule is COc1ccccc1C(=O)N/N=C1\CCCc2oc(C(=O)NNC(=O)c3ccc(Cl)cc3Cl)c(C)c21. The molecule has 0 fully saturated rings. The fraction of sp³-hybridized carbons (Fsp3) is 0.200. The van der Waals surface area contributed by atoms with E-state index in [1.807, 2.05) is 0 Å². The number of ether oxygens (including phenoxy) is 1. The maximum absolute atomic E-state index is 12.8. The highest BCUT2D eigenvalue weighted by Crippen LogP contribution is 2.30. The molecule has 1 aliphatic rings. The zero-order chi connectivity index (χ0) is 25.8. The first-order chi connectivity index (χ1) is 17.3. The number of nitrogens with one attached hydrogen (secondary N) is 3. The van der Waals surface area contributed by atoms with E-state index in [0.717, 1.165) is 6.42 Å². The molecular formula is C25H22Cl2N4O5. The molecule has 36 heavy (non-hydrogen) atoms.